The molecule has 0 saturated heterocycles. The Hall–Kier alpha value is -3.83. The van der Waals surface area contributed by atoms with E-state index in [1.54, 1.807) is 0 Å². The Labute approximate surface area is 170 Å². The van der Waals surface area contributed by atoms with Crippen LogP contribution in [0.3, 0.4) is 0 Å². The highest BCUT2D eigenvalue weighted by Crippen LogP contribution is 2.31. The van der Waals surface area contributed by atoms with Crippen LogP contribution in [0.25, 0.3) is 11.4 Å². The van der Waals surface area contributed by atoms with E-state index in [0.717, 1.165) is 24.3 Å². The predicted molar refractivity (Wildman–Crippen MR) is 93.2 cm³/mol. The van der Waals surface area contributed by atoms with E-state index in [-0.39, 0.29) is 17.3 Å². The minimum atomic E-state index is -4.54. The third-order valence-electron chi connectivity index (χ3n) is 3.84. The van der Waals surface area contributed by atoms with E-state index >= 15 is 0 Å². The van der Waals surface area contributed by atoms with Crippen LogP contribution >= 0.6 is 0 Å². The van der Waals surface area contributed by atoms with Crippen LogP contribution in [0.2, 0.25) is 0 Å². The smallest absolute Gasteiger partial charge is 0.416 e. The van der Waals surface area contributed by atoms with Gasteiger partial charge < -0.3 is 14.6 Å². The van der Waals surface area contributed by atoms with Crippen LogP contribution < -0.4 is 5.32 Å². The molecule has 0 bridgehead atoms. The molecule has 0 saturated carbocycles. The third-order valence-corrected chi connectivity index (χ3v) is 3.84. The maximum atomic E-state index is 13.5. The van der Waals surface area contributed by atoms with Crippen molar-refractivity contribution in [3.63, 3.8) is 0 Å². The summed E-state index contributed by atoms with van der Waals surface area (Å²) in [4.78, 5) is 27.4. The highest BCUT2D eigenvalue weighted by atomic mass is 19.4. The number of amides is 1. The minimum absolute atomic E-state index is 0.0461. The van der Waals surface area contributed by atoms with Gasteiger partial charge in [0.15, 0.2) is 6.61 Å². The van der Waals surface area contributed by atoms with Gasteiger partial charge in [-0.1, -0.05) is 17.3 Å². The number of halogens is 5. The zero-order chi connectivity index (χ0) is 22.6. The maximum absolute atomic E-state index is 13.5. The molecule has 0 spiro atoms. The van der Waals surface area contributed by atoms with Gasteiger partial charge in [-0.15, -0.1) is 0 Å². The molecule has 1 aromatic heterocycles. The highest BCUT2D eigenvalue weighted by Gasteiger charge is 2.30. The molecule has 1 amide bonds. The normalized spacial score (nSPS) is 11.3. The molecule has 0 aliphatic heterocycles. The van der Waals surface area contributed by atoms with Crippen LogP contribution in [-0.4, -0.2) is 28.6 Å². The second-order valence-corrected chi connectivity index (χ2v) is 6.06. The van der Waals surface area contributed by atoms with Crippen molar-refractivity contribution in [1.82, 2.24) is 15.5 Å². The van der Waals surface area contributed by atoms with Crippen LogP contribution in [0.4, 0.5) is 22.0 Å². The summed E-state index contributed by atoms with van der Waals surface area (Å²) in [6.07, 6.45) is -4.54. The average Bonchev–Trinajstić information content (AvgIpc) is 3.19. The molecule has 3 rings (SSSR count). The van der Waals surface area contributed by atoms with E-state index in [0.29, 0.717) is 6.07 Å². The van der Waals surface area contributed by atoms with Crippen molar-refractivity contribution in [2.45, 2.75) is 12.8 Å². The number of hydrogen-bond donors (Lipinski definition) is 1. The van der Waals surface area contributed by atoms with E-state index in [1.807, 2.05) is 0 Å². The molecule has 2 aromatic carbocycles. The molecule has 7 nitrogen and oxygen atoms in total. The molecule has 0 radical (unpaired) electrons. The van der Waals surface area contributed by atoms with Crippen LogP contribution in [-0.2, 0) is 22.3 Å². The summed E-state index contributed by atoms with van der Waals surface area (Å²) in [5.74, 6) is -4.20. The monoisotopic (exact) mass is 441 g/mol. The summed E-state index contributed by atoms with van der Waals surface area (Å²) in [6.45, 7) is -1.14. The predicted octanol–water partition coefficient (Wildman–Crippen LogP) is 3.51. The molecule has 0 aliphatic rings. The van der Waals surface area contributed by atoms with Crippen molar-refractivity contribution in [3.05, 3.63) is 71.1 Å². The van der Waals surface area contributed by atoms with E-state index < -0.39 is 54.0 Å². The molecule has 0 unspecified atom stereocenters. The van der Waals surface area contributed by atoms with E-state index in [2.05, 4.69) is 15.5 Å². The molecule has 31 heavy (non-hydrogen) atoms. The Balaban J connectivity index is 1.53. The number of aromatic nitrogens is 2. The molecule has 0 atom stereocenters. The van der Waals surface area contributed by atoms with Gasteiger partial charge in [0.05, 0.1) is 11.1 Å². The summed E-state index contributed by atoms with van der Waals surface area (Å²) < 4.78 is 74.4. The van der Waals surface area contributed by atoms with Crippen molar-refractivity contribution in [3.8, 4) is 11.4 Å². The lowest BCUT2D eigenvalue weighted by atomic mass is 10.1. The van der Waals surface area contributed by atoms with Crippen LogP contribution in [0.1, 0.15) is 21.8 Å². The Morgan fingerprint density at radius 1 is 1.10 bits per heavy atom. The molecule has 162 valence electrons. The zero-order valence-electron chi connectivity index (χ0n) is 15.4. The molecular formula is C19H12F5N3O4. The van der Waals surface area contributed by atoms with Gasteiger partial charge in [0.25, 0.3) is 11.8 Å². The topological polar surface area (TPSA) is 94.3 Å². The van der Waals surface area contributed by atoms with E-state index in [9.17, 15) is 31.5 Å². The molecule has 1 heterocycles. The first kappa shape index (κ1) is 21.9. The van der Waals surface area contributed by atoms with E-state index in [1.165, 1.54) is 12.1 Å². The van der Waals surface area contributed by atoms with Gasteiger partial charge in [-0.25, -0.2) is 8.78 Å². The maximum Gasteiger partial charge on any atom is 0.416 e. The number of rotatable bonds is 6. The number of hydrogen-bond acceptors (Lipinski definition) is 6. The molecule has 12 heteroatoms. The highest BCUT2D eigenvalue weighted by molar-refractivity contribution is 5.96. The first-order chi connectivity index (χ1) is 14.6. The second-order valence-electron chi connectivity index (χ2n) is 6.06. The van der Waals surface area contributed by atoms with Gasteiger partial charge in [0.1, 0.15) is 18.2 Å². The number of alkyl halides is 3. The second kappa shape index (κ2) is 8.90. The quantitative estimate of drug-likeness (QED) is 0.465. The SMILES string of the molecule is O=C(CNC(=O)c1ccc(F)cc1F)OCc1nc(-c2cccc(C(F)(F)F)c2)no1. The lowest BCUT2D eigenvalue weighted by Crippen LogP contribution is -2.31. The summed E-state index contributed by atoms with van der Waals surface area (Å²) in [7, 11) is 0. The largest absolute Gasteiger partial charge is 0.454 e. The summed E-state index contributed by atoms with van der Waals surface area (Å²) in [5.41, 5.74) is -1.31. The Morgan fingerprint density at radius 2 is 1.87 bits per heavy atom. The van der Waals surface area contributed by atoms with Crippen LogP contribution in [0.15, 0.2) is 47.0 Å². The molecule has 0 fully saturated rings. The number of nitrogens with one attached hydrogen (secondary N) is 1. The number of nitrogens with zero attached hydrogens (tertiary/aromatic N) is 2. The Bertz CT molecular complexity index is 1110. The lowest BCUT2D eigenvalue weighted by Gasteiger charge is -2.06. The minimum Gasteiger partial charge on any atom is -0.454 e. The van der Waals surface area contributed by atoms with Crippen LogP contribution in [0, 0.1) is 11.6 Å². The van der Waals surface area contributed by atoms with Gasteiger partial charge >= 0.3 is 12.1 Å². The fourth-order valence-corrected chi connectivity index (χ4v) is 2.38. The number of esters is 1. The van der Waals surface area contributed by atoms with Crippen molar-refractivity contribution < 1.29 is 40.8 Å². The van der Waals surface area contributed by atoms with Gasteiger partial charge in [-0.05, 0) is 24.3 Å². The van der Waals surface area contributed by atoms with Crippen molar-refractivity contribution in [2.24, 2.45) is 0 Å². The van der Waals surface area contributed by atoms with Gasteiger partial charge in [0.2, 0.25) is 5.82 Å². The molecule has 1 N–H and O–H groups in total. The van der Waals surface area contributed by atoms with E-state index in [4.69, 9.17) is 9.26 Å². The first-order valence-corrected chi connectivity index (χ1v) is 8.52. The third kappa shape index (κ3) is 5.62. The van der Waals surface area contributed by atoms with Crippen LogP contribution in [0.5, 0.6) is 0 Å². The fourth-order valence-electron chi connectivity index (χ4n) is 2.38. The van der Waals surface area contributed by atoms with Crippen molar-refractivity contribution >= 4 is 11.9 Å². The summed E-state index contributed by atoms with van der Waals surface area (Å²) in [6, 6.07) is 6.57. The molecular weight excluding hydrogens is 429 g/mol. The summed E-state index contributed by atoms with van der Waals surface area (Å²) in [5, 5.41) is 5.63. The standard InChI is InChI=1S/C19H12F5N3O4/c20-12-4-5-13(14(21)7-12)18(29)25-8-16(28)30-9-15-26-17(27-31-15)10-2-1-3-11(6-10)19(22,23)24/h1-7H,8-9H2,(H,25,29). The fraction of sp³-hybridized carbons (Fsp3) is 0.158. The number of ether oxygens (including phenoxy) is 1. The average molecular weight is 441 g/mol. The number of carbonyl (C=O) groups is 2. The van der Waals surface area contributed by atoms with Crippen molar-refractivity contribution in [1.29, 1.82) is 0 Å². The van der Waals surface area contributed by atoms with Gasteiger partial charge in [-0.2, -0.15) is 18.2 Å². The Morgan fingerprint density at radius 3 is 2.58 bits per heavy atom. The first-order valence-electron chi connectivity index (χ1n) is 8.52. The zero-order valence-corrected chi connectivity index (χ0v) is 15.4. The number of carbonyl (C=O) groups excluding carboxylic acids is 2. The van der Waals surface area contributed by atoms with Crippen molar-refractivity contribution in [2.75, 3.05) is 6.54 Å². The van der Waals surface area contributed by atoms with Gasteiger partial charge in [0, 0.05) is 11.6 Å². The number of benzene rings is 2. The summed E-state index contributed by atoms with van der Waals surface area (Å²) >= 11 is 0. The lowest BCUT2D eigenvalue weighted by molar-refractivity contribution is -0.144. The Kier molecular flexibility index (Phi) is 6.28. The van der Waals surface area contributed by atoms with Gasteiger partial charge in [-0.3, -0.25) is 9.59 Å². The molecule has 0 aliphatic carbocycles. The molecule has 3 aromatic rings.